The van der Waals surface area contributed by atoms with Crippen molar-refractivity contribution in [3.63, 3.8) is 0 Å². The van der Waals surface area contributed by atoms with Gasteiger partial charge in [0.2, 0.25) is 0 Å². The summed E-state index contributed by atoms with van der Waals surface area (Å²) in [4.78, 5) is 32.6. The van der Waals surface area contributed by atoms with E-state index < -0.39 is 0 Å². The molecular formula is C22H23N3O2. The number of piperazine rings is 1. The van der Waals surface area contributed by atoms with Gasteiger partial charge < -0.3 is 9.88 Å². The van der Waals surface area contributed by atoms with Crippen LogP contribution in [0.2, 0.25) is 0 Å². The normalized spacial score (nSPS) is 15.2. The molecular weight excluding hydrogens is 338 g/mol. The van der Waals surface area contributed by atoms with Gasteiger partial charge in [0, 0.05) is 61.0 Å². The largest absolute Gasteiger partial charge is 0.357 e. The van der Waals surface area contributed by atoms with Crippen molar-refractivity contribution in [1.82, 2.24) is 14.8 Å². The molecule has 0 atom stereocenters. The van der Waals surface area contributed by atoms with Crippen LogP contribution in [0.4, 0.5) is 0 Å². The second kappa shape index (κ2) is 7.37. The molecule has 3 aromatic rings. The van der Waals surface area contributed by atoms with E-state index in [0.717, 1.165) is 40.8 Å². The third-order valence-electron chi connectivity index (χ3n) is 5.22. The number of hydrogen-bond acceptors (Lipinski definition) is 3. The molecule has 0 spiro atoms. The minimum absolute atomic E-state index is 0.0488. The van der Waals surface area contributed by atoms with Crippen LogP contribution >= 0.6 is 0 Å². The van der Waals surface area contributed by atoms with Crippen LogP contribution in [0.5, 0.6) is 0 Å². The highest BCUT2D eigenvalue weighted by atomic mass is 16.2. The van der Waals surface area contributed by atoms with Crippen molar-refractivity contribution >= 4 is 16.8 Å². The number of hydrogen-bond donors (Lipinski definition) is 1. The maximum Gasteiger partial charge on any atom is 0.254 e. The molecule has 0 unspecified atom stereocenters. The molecule has 2 aromatic carbocycles. The van der Waals surface area contributed by atoms with Gasteiger partial charge in [-0.15, -0.1) is 0 Å². The van der Waals surface area contributed by atoms with Gasteiger partial charge in [-0.2, -0.15) is 0 Å². The highest BCUT2D eigenvalue weighted by Gasteiger charge is 2.23. The van der Waals surface area contributed by atoms with Gasteiger partial charge in [-0.1, -0.05) is 30.3 Å². The first-order valence-corrected chi connectivity index (χ1v) is 9.30. The number of pyridine rings is 1. The maximum atomic E-state index is 12.7. The van der Waals surface area contributed by atoms with E-state index in [4.69, 9.17) is 0 Å². The van der Waals surface area contributed by atoms with Crippen LogP contribution in [0.15, 0.2) is 59.4 Å². The van der Waals surface area contributed by atoms with Crippen LogP contribution < -0.4 is 5.43 Å². The number of aryl methyl sites for hydroxylation is 1. The molecule has 4 rings (SSSR count). The average molecular weight is 361 g/mol. The maximum absolute atomic E-state index is 12.7. The molecule has 1 saturated heterocycles. The molecule has 1 fully saturated rings. The minimum Gasteiger partial charge on any atom is -0.357 e. The third-order valence-corrected chi connectivity index (χ3v) is 5.22. The van der Waals surface area contributed by atoms with Gasteiger partial charge in [0.15, 0.2) is 5.43 Å². The lowest BCUT2D eigenvalue weighted by atomic mass is 10.1. The standard InChI is InChI=1S/C22H23N3O2/c1-16-6-2-3-7-18(16)22(27)25-12-10-24(11-13-25)15-17-14-21(26)19-8-4-5-9-20(19)23-17/h2-9,14H,10-13,15H2,1H3,(H,23,26). The van der Waals surface area contributed by atoms with E-state index in [1.807, 2.05) is 60.4 Å². The Morgan fingerprint density at radius 2 is 1.70 bits per heavy atom. The molecule has 1 amide bonds. The molecule has 138 valence electrons. The number of nitrogens with zero attached hydrogens (tertiary/aromatic N) is 2. The number of carbonyl (C=O) groups is 1. The van der Waals surface area contributed by atoms with Crippen molar-refractivity contribution in [2.45, 2.75) is 13.5 Å². The molecule has 2 heterocycles. The summed E-state index contributed by atoms with van der Waals surface area (Å²) in [5, 5.41) is 0.717. The number of rotatable bonds is 3. The second-order valence-corrected chi connectivity index (χ2v) is 7.09. The number of aromatic amines is 1. The van der Waals surface area contributed by atoms with Gasteiger partial charge in [-0.3, -0.25) is 14.5 Å². The van der Waals surface area contributed by atoms with Crippen LogP contribution in [0, 0.1) is 6.92 Å². The SMILES string of the molecule is Cc1ccccc1C(=O)N1CCN(Cc2cc(=O)c3ccccc3[nH]2)CC1. The summed E-state index contributed by atoms with van der Waals surface area (Å²) < 4.78 is 0. The summed E-state index contributed by atoms with van der Waals surface area (Å²) >= 11 is 0. The predicted octanol–water partition coefficient (Wildman–Crippen LogP) is 2.79. The van der Waals surface area contributed by atoms with Gasteiger partial charge in [0.05, 0.1) is 0 Å². The second-order valence-electron chi connectivity index (χ2n) is 7.09. The fraction of sp³-hybridized carbons (Fsp3) is 0.273. The highest BCUT2D eigenvalue weighted by molar-refractivity contribution is 5.95. The highest BCUT2D eigenvalue weighted by Crippen LogP contribution is 2.14. The molecule has 0 radical (unpaired) electrons. The molecule has 0 saturated carbocycles. The number of H-pyrrole nitrogens is 1. The Hall–Kier alpha value is -2.92. The van der Waals surface area contributed by atoms with E-state index >= 15 is 0 Å². The van der Waals surface area contributed by atoms with Crippen LogP contribution in [0.25, 0.3) is 10.9 Å². The van der Waals surface area contributed by atoms with Crippen molar-refractivity contribution in [2.75, 3.05) is 26.2 Å². The van der Waals surface area contributed by atoms with Crippen LogP contribution in [-0.4, -0.2) is 46.9 Å². The van der Waals surface area contributed by atoms with Crippen LogP contribution in [-0.2, 0) is 6.54 Å². The van der Waals surface area contributed by atoms with Gasteiger partial charge in [0.1, 0.15) is 0 Å². The molecule has 27 heavy (non-hydrogen) atoms. The monoisotopic (exact) mass is 361 g/mol. The van der Waals surface area contributed by atoms with E-state index in [0.29, 0.717) is 19.6 Å². The van der Waals surface area contributed by atoms with Crippen molar-refractivity contribution < 1.29 is 4.79 Å². The van der Waals surface area contributed by atoms with Crippen molar-refractivity contribution in [3.8, 4) is 0 Å². The summed E-state index contributed by atoms with van der Waals surface area (Å²) in [6, 6.07) is 17.0. The fourth-order valence-electron chi connectivity index (χ4n) is 3.67. The number of amides is 1. The quantitative estimate of drug-likeness (QED) is 0.780. The van der Waals surface area contributed by atoms with E-state index in [2.05, 4.69) is 9.88 Å². The topological polar surface area (TPSA) is 56.4 Å². The molecule has 5 heteroatoms. The summed E-state index contributed by atoms with van der Waals surface area (Å²) in [6.07, 6.45) is 0. The van der Waals surface area contributed by atoms with Crippen LogP contribution in [0.1, 0.15) is 21.6 Å². The zero-order valence-electron chi connectivity index (χ0n) is 15.4. The first kappa shape index (κ1) is 17.5. The third kappa shape index (κ3) is 3.64. The van der Waals surface area contributed by atoms with Crippen molar-refractivity contribution in [1.29, 1.82) is 0 Å². The predicted molar refractivity (Wildman–Crippen MR) is 107 cm³/mol. The first-order valence-electron chi connectivity index (χ1n) is 9.30. The van der Waals surface area contributed by atoms with Crippen molar-refractivity contribution in [3.05, 3.63) is 81.6 Å². The first-order chi connectivity index (χ1) is 13.1. The van der Waals surface area contributed by atoms with Gasteiger partial charge in [0.25, 0.3) is 5.91 Å². The zero-order valence-corrected chi connectivity index (χ0v) is 15.4. The van der Waals surface area contributed by atoms with E-state index in [-0.39, 0.29) is 11.3 Å². The van der Waals surface area contributed by atoms with Gasteiger partial charge >= 0.3 is 0 Å². The summed E-state index contributed by atoms with van der Waals surface area (Å²) in [5.41, 5.74) is 3.63. The average Bonchev–Trinajstić information content (AvgIpc) is 2.68. The minimum atomic E-state index is 0.0488. The number of fused-ring (bicyclic) bond motifs is 1. The van der Waals surface area contributed by atoms with Gasteiger partial charge in [-0.05, 0) is 30.7 Å². The summed E-state index contributed by atoms with van der Waals surface area (Å²) in [6.45, 7) is 5.65. The number of nitrogens with one attached hydrogen (secondary N) is 1. The van der Waals surface area contributed by atoms with Gasteiger partial charge in [-0.25, -0.2) is 0 Å². The Balaban J connectivity index is 1.42. The van der Waals surface area contributed by atoms with E-state index in [1.54, 1.807) is 6.07 Å². The number of para-hydroxylation sites is 1. The van der Waals surface area contributed by atoms with E-state index in [9.17, 15) is 9.59 Å². The molecule has 1 aromatic heterocycles. The number of benzene rings is 2. The lowest BCUT2D eigenvalue weighted by Crippen LogP contribution is -2.48. The molecule has 5 nitrogen and oxygen atoms in total. The van der Waals surface area contributed by atoms with Crippen LogP contribution in [0.3, 0.4) is 0 Å². The Morgan fingerprint density at radius 3 is 2.48 bits per heavy atom. The molecule has 1 aliphatic heterocycles. The molecule has 1 aliphatic rings. The molecule has 0 bridgehead atoms. The molecule has 0 aliphatic carbocycles. The zero-order chi connectivity index (χ0) is 18.8. The Bertz CT molecular complexity index is 1030. The van der Waals surface area contributed by atoms with Crippen molar-refractivity contribution in [2.24, 2.45) is 0 Å². The number of aromatic nitrogens is 1. The van der Waals surface area contributed by atoms with E-state index in [1.165, 1.54) is 0 Å². The lowest BCUT2D eigenvalue weighted by Gasteiger charge is -2.35. The Kier molecular flexibility index (Phi) is 4.77. The smallest absolute Gasteiger partial charge is 0.254 e. The summed E-state index contributed by atoms with van der Waals surface area (Å²) in [7, 11) is 0. The lowest BCUT2D eigenvalue weighted by molar-refractivity contribution is 0.0626. The molecule has 1 N–H and O–H groups in total. The Labute approximate surface area is 158 Å². The fourth-order valence-corrected chi connectivity index (χ4v) is 3.67. The number of carbonyl (C=O) groups excluding carboxylic acids is 1. The Morgan fingerprint density at radius 1 is 1.00 bits per heavy atom. The summed E-state index contributed by atoms with van der Waals surface area (Å²) in [5.74, 6) is 0.104.